The highest BCUT2D eigenvalue weighted by atomic mass is 19.1. The number of amides is 2. The maximum atomic E-state index is 13.1. The van der Waals surface area contributed by atoms with E-state index in [2.05, 4.69) is 0 Å². The summed E-state index contributed by atoms with van der Waals surface area (Å²) in [6.45, 7) is 2.23. The Bertz CT molecular complexity index is 838. The first-order valence-corrected chi connectivity index (χ1v) is 8.87. The number of ether oxygens (including phenoxy) is 1. The maximum Gasteiger partial charge on any atom is 0.228 e. The van der Waals surface area contributed by atoms with E-state index < -0.39 is 5.92 Å². The molecule has 2 amide bonds. The number of hydrogen-bond donors (Lipinski definition) is 0. The number of methoxy groups -OCH3 is 1. The number of carbonyl (C=O) groups excluding carboxylic acids is 2. The minimum absolute atomic E-state index is 0.0792. The van der Waals surface area contributed by atoms with Crippen molar-refractivity contribution in [2.45, 2.75) is 19.4 Å². The van der Waals surface area contributed by atoms with Crippen LogP contribution in [0.1, 0.15) is 24.9 Å². The molecule has 1 heterocycles. The van der Waals surface area contributed by atoms with E-state index in [-0.39, 0.29) is 30.1 Å². The van der Waals surface area contributed by atoms with Gasteiger partial charge >= 0.3 is 0 Å². The molecule has 0 saturated carbocycles. The lowest BCUT2D eigenvalue weighted by atomic mass is 10.0. The number of hydrogen-bond acceptors (Lipinski definition) is 3. The van der Waals surface area contributed by atoms with Gasteiger partial charge in [-0.2, -0.15) is 0 Å². The lowest BCUT2D eigenvalue weighted by molar-refractivity contribution is -0.136. The molecule has 1 saturated heterocycles. The van der Waals surface area contributed by atoms with Crippen molar-refractivity contribution in [2.75, 3.05) is 25.6 Å². The van der Waals surface area contributed by atoms with Gasteiger partial charge in [0.25, 0.3) is 0 Å². The number of rotatable bonds is 5. The Hall–Kier alpha value is -2.89. The first-order valence-electron chi connectivity index (χ1n) is 8.87. The quantitative estimate of drug-likeness (QED) is 0.810. The van der Waals surface area contributed by atoms with Crippen molar-refractivity contribution in [1.29, 1.82) is 0 Å². The first-order chi connectivity index (χ1) is 12.9. The summed E-state index contributed by atoms with van der Waals surface area (Å²) < 4.78 is 18.3. The van der Waals surface area contributed by atoms with Crippen LogP contribution in [0.2, 0.25) is 0 Å². The van der Waals surface area contributed by atoms with Gasteiger partial charge in [0, 0.05) is 31.8 Å². The summed E-state index contributed by atoms with van der Waals surface area (Å²) in [4.78, 5) is 28.6. The molecule has 0 aromatic heterocycles. The van der Waals surface area contributed by atoms with Gasteiger partial charge in [-0.25, -0.2) is 4.39 Å². The average Bonchev–Trinajstić information content (AvgIpc) is 3.08. The van der Waals surface area contributed by atoms with Gasteiger partial charge in [0.2, 0.25) is 11.8 Å². The number of anilines is 1. The van der Waals surface area contributed by atoms with E-state index in [9.17, 15) is 14.0 Å². The molecule has 27 heavy (non-hydrogen) atoms. The largest absolute Gasteiger partial charge is 0.497 e. The second-order valence-electron chi connectivity index (χ2n) is 6.78. The van der Waals surface area contributed by atoms with Gasteiger partial charge in [-0.15, -0.1) is 0 Å². The fraction of sp³-hybridized carbons (Fsp3) is 0.333. The van der Waals surface area contributed by atoms with Crippen LogP contribution in [0.5, 0.6) is 5.75 Å². The second kappa shape index (κ2) is 7.78. The summed E-state index contributed by atoms with van der Waals surface area (Å²) >= 11 is 0. The van der Waals surface area contributed by atoms with Crippen LogP contribution in [0.4, 0.5) is 10.1 Å². The summed E-state index contributed by atoms with van der Waals surface area (Å²) in [6, 6.07) is 13.1. The van der Waals surface area contributed by atoms with Crippen molar-refractivity contribution in [3.8, 4) is 5.75 Å². The lowest BCUT2D eigenvalue weighted by Gasteiger charge is -2.28. The number of nitrogens with zero attached hydrogens (tertiary/aromatic N) is 2. The van der Waals surface area contributed by atoms with Crippen molar-refractivity contribution in [1.82, 2.24) is 4.90 Å². The molecule has 0 radical (unpaired) electrons. The number of benzene rings is 2. The van der Waals surface area contributed by atoms with Crippen LogP contribution >= 0.6 is 0 Å². The van der Waals surface area contributed by atoms with Crippen molar-refractivity contribution < 1.29 is 18.7 Å². The Morgan fingerprint density at radius 2 is 1.96 bits per heavy atom. The van der Waals surface area contributed by atoms with Crippen LogP contribution in [-0.4, -0.2) is 37.4 Å². The molecule has 142 valence electrons. The monoisotopic (exact) mass is 370 g/mol. The molecule has 3 rings (SSSR count). The predicted molar refractivity (Wildman–Crippen MR) is 101 cm³/mol. The fourth-order valence-electron chi connectivity index (χ4n) is 3.34. The Kier molecular flexibility index (Phi) is 5.44. The van der Waals surface area contributed by atoms with Gasteiger partial charge in [-0.3, -0.25) is 9.59 Å². The van der Waals surface area contributed by atoms with Crippen LogP contribution in [-0.2, 0) is 9.59 Å². The van der Waals surface area contributed by atoms with Gasteiger partial charge < -0.3 is 14.5 Å². The highest BCUT2D eigenvalue weighted by molar-refractivity contribution is 6.00. The van der Waals surface area contributed by atoms with Gasteiger partial charge in [0.1, 0.15) is 11.6 Å². The molecule has 2 aromatic rings. The standard InChI is InChI=1S/C21H23FN2O3/c1-14(15-7-9-17(22)10-8-15)23(2)21(26)16-11-20(25)24(13-16)18-5-4-6-19(12-18)27-3/h4-10,12,14,16H,11,13H2,1-3H3. The zero-order valence-electron chi connectivity index (χ0n) is 15.7. The average molecular weight is 370 g/mol. The van der Waals surface area contributed by atoms with Gasteiger partial charge in [-0.1, -0.05) is 18.2 Å². The Labute approximate surface area is 158 Å². The highest BCUT2D eigenvalue weighted by Gasteiger charge is 2.37. The topological polar surface area (TPSA) is 49.9 Å². The van der Waals surface area contributed by atoms with Crippen molar-refractivity contribution in [3.05, 3.63) is 59.9 Å². The van der Waals surface area contributed by atoms with Gasteiger partial charge in [0.05, 0.1) is 19.1 Å². The third-order valence-electron chi connectivity index (χ3n) is 5.12. The van der Waals surface area contributed by atoms with Crippen LogP contribution < -0.4 is 9.64 Å². The normalized spacial score (nSPS) is 17.7. The molecular weight excluding hydrogens is 347 g/mol. The summed E-state index contributed by atoms with van der Waals surface area (Å²) in [5.41, 5.74) is 1.57. The fourth-order valence-corrected chi connectivity index (χ4v) is 3.34. The molecule has 6 heteroatoms. The molecule has 2 atom stereocenters. The molecule has 0 aliphatic carbocycles. The van der Waals surface area contributed by atoms with E-state index in [1.54, 1.807) is 42.2 Å². The zero-order valence-corrected chi connectivity index (χ0v) is 15.7. The summed E-state index contributed by atoms with van der Waals surface area (Å²) in [6.07, 6.45) is 0.177. The van der Waals surface area contributed by atoms with Crippen molar-refractivity contribution in [3.63, 3.8) is 0 Å². The third kappa shape index (κ3) is 3.94. The summed E-state index contributed by atoms with van der Waals surface area (Å²) in [7, 11) is 3.29. The molecule has 2 aromatic carbocycles. The minimum atomic E-state index is -0.406. The first kappa shape index (κ1) is 18.9. The van der Waals surface area contributed by atoms with E-state index in [0.717, 1.165) is 11.3 Å². The molecular formula is C21H23FN2O3. The number of carbonyl (C=O) groups is 2. The molecule has 0 bridgehead atoms. The Balaban J connectivity index is 1.71. The Morgan fingerprint density at radius 1 is 1.26 bits per heavy atom. The molecule has 1 aliphatic heterocycles. The van der Waals surface area contributed by atoms with Crippen LogP contribution in [0.15, 0.2) is 48.5 Å². The van der Waals surface area contributed by atoms with E-state index in [1.807, 2.05) is 25.1 Å². The summed E-state index contributed by atoms with van der Waals surface area (Å²) in [5.74, 6) is -0.223. The molecule has 1 fully saturated rings. The molecule has 2 unspecified atom stereocenters. The minimum Gasteiger partial charge on any atom is -0.497 e. The molecule has 0 N–H and O–H groups in total. The van der Waals surface area contributed by atoms with E-state index in [4.69, 9.17) is 4.74 Å². The zero-order chi connectivity index (χ0) is 19.6. The van der Waals surface area contributed by atoms with Gasteiger partial charge in [0.15, 0.2) is 0 Å². The van der Waals surface area contributed by atoms with E-state index in [0.29, 0.717) is 12.3 Å². The van der Waals surface area contributed by atoms with Crippen LogP contribution in [0, 0.1) is 11.7 Å². The van der Waals surface area contributed by atoms with Crippen LogP contribution in [0.25, 0.3) is 0 Å². The Morgan fingerprint density at radius 3 is 2.63 bits per heavy atom. The highest BCUT2D eigenvalue weighted by Crippen LogP contribution is 2.30. The molecule has 0 spiro atoms. The lowest BCUT2D eigenvalue weighted by Crippen LogP contribution is -2.36. The van der Waals surface area contributed by atoms with Crippen molar-refractivity contribution >= 4 is 17.5 Å². The molecule has 5 nitrogen and oxygen atoms in total. The van der Waals surface area contributed by atoms with Crippen LogP contribution in [0.3, 0.4) is 0 Å². The second-order valence-corrected chi connectivity index (χ2v) is 6.78. The smallest absolute Gasteiger partial charge is 0.228 e. The third-order valence-corrected chi connectivity index (χ3v) is 5.12. The molecule has 1 aliphatic rings. The maximum absolute atomic E-state index is 13.1. The SMILES string of the molecule is COc1cccc(N2CC(C(=O)N(C)C(C)c3ccc(F)cc3)CC2=O)c1. The van der Waals surface area contributed by atoms with Gasteiger partial charge in [-0.05, 0) is 36.8 Å². The predicted octanol–water partition coefficient (Wildman–Crippen LogP) is 3.41. The van der Waals surface area contributed by atoms with E-state index >= 15 is 0 Å². The summed E-state index contributed by atoms with van der Waals surface area (Å²) in [5, 5.41) is 0. The van der Waals surface area contributed by atoms with E-state index in [1.165, 1.54) is 12.1 Å². The number of halogens is 1. The van der Waals surface area contributed by atoms with Crippen molar-refractivity contribution in [2.24, 2.45) is 5.92 Å².